The van der Waals surface area contributed by atoms with Crippen molar-refractivity contribution in [2.24, 2.45) is 7.05 Å². The number of rotatable bonds is 1. The van der Waals surface area contributed by atoms with E-state index in [1.807, 2.05) is 0 Å². The molecule has 0 aromatic carbocycles. The van der Waals surface area contributed by atoms with Gasteiger partial charge in [-0.2, -0.15) is 5.10 Å². The average molecular weight is 181 g/mol. The Labute approximate surface area is 75.6 Å². The molecular weight excluding hydrogens is 170 g/mol. The second-order valence-corrected chi connectivity index (χ2v) is 2.87. The number of nitrogens with zero attached hydrogens (tertiary/aromatic N) is 3. The predicted molar refractivity (Wildman–Crippen MR) is 47.5 cm³/mol. The molecule has 0 spiro atoms. The first-order chi connectivity index (χ1) is 6.04. The largest absolute Gasteiger partial charge is 0.345 e. The van der Waals surface area contributed by atoms with E-state index in [0.717, 1.165) is 4.68 Å². The van der Waals surface area contributed by atoms with E-state index in [1.54, 1.807) is 14.1 Å². The highest BCUT2D eigenvalue weighted by molar-refractivity contribution is 5.93. The monoisotopic (exact) mass is 181 g/mol. The summed E-state index contributed by atoms with van der Waals surface area (Å²) in [6, 6.07) is 1.42. The number of hydrogen-bond donors (Lipinski definition) is 0. The van der Waals surface area contributed by atoms with Gasteiger partial charge >= 0.3 is 0 Å². The van der Waals surface area contributed by atoms with E-state index in [0.29, 0.717) is 0 Å². The van der Waals surface area contributed by atoms with E-state index in [9.17, 15) is 9.59 Å². The Morgan fingerprint density at radius 2 is 2.15 bits per heavy atom. The van der Waals surface area contributed by atoms with Gasteiger partial charge in [-0.3, -0.25) is 9.59 Å². The molecule has 13 heavy (non-hydrogen) atoms. The van der Waals surface area contributed by atoms with Crippen molar-refractivity contribution in [1.82, 2.24) is 14.7 Å². The summed E-state index contributed by atoms with van der Waals surface area (Å²) in [6.07, 6.45) is 1.43. The van der Waals surface area contributed by atoms with Crippen molar-refractivity contribution in [2.75, 3.05) is 14.1 Å². The first-order valence-corrected chi connectivity index (χ1v) is 3.78. The summed E-state index contributed by atoms with van der Waals surface area (Å²) in [6.45, 7) is 0. The van der Waals surface area contributed by atoms with Crippen LogP contribution in [0.1, 0.15) is 10.4 Å². The maximum absolute atomic E-state index is 11.4. The van der Waals surface area contributed by atoms with Crippen LogP contribution in [0.2, 0.25) is 0 Å². The zero-order chi connectivity index (χ0) is 10.0. The molecule has 0 atom stereocenters. The Balaban J connectivity index is 3.24. The maximum Gasteiger partial charge on any atom is 0.279 e. The van der Waals surface area contributed by atoms with Crippen LogP contribution in [-0.4, -0.2) is 34.7 Å². The number of aryl methyl sites for hydroxylation is 1. The minimum Gasteiger partial charge on any atom is -0.345 e. The molecule has 0 aliphatic rings. The molecule has 0 aliphatic heterocycles. The summed E-state index contributed by atoms with van der Waals surface area (Å²) in [4.78, 5) is 24.1. The maximum atomic E-state index is 11.4. The number of carbonyl (C=O) groups excluding carboxylic acids is 1. The normalized spacial score (nSPS) is 9.77. The van der Waals surface area contributed by atoms with Crippen LogP contribution in [0.4, 0.5) is 0 Å². The Hall–Kier alpha value is -1.65. The molecule has 1 rings (SSSR count). The van der Waals surface area contributed by atoms with Crippen molar-refractivity contribution >= 4 is 5.91 Å². The molecule has 1 aromatic heterocycles. The topological polar surface area (TPSA) is 55.2 Å². The van der Waals surface area contributed by atoms with Crippen LogP contribution < -0.4 is 5.56 Å². The van der Waals surface area contributed by atoms with Gasteiger partial charge in [-0.15, -0.1) is 0 Å². The van der Waals surface area contributed by atoms with Gasteiger partial charge in [0, 0.05) is 27.3 Å². The van der Waals surface area contributed by atoms with Crippen LogP contribution in [0.25, 0.3) is 0 Å². The van der Waals surface area contributed by atoms with Gasteiger partial charge in [-0.25, -0.2) is 4.68 Å². The predicted octanol–water partition coefficient (Wildman–Crippen LogP) is -0.518. The van der Waals surface area contributed by atoms with E-state index in [-0.39, 0.29) is 17.0 Å². The smallest absolute Gasteiger partial charge is 0.279 e. The molecule has 0 saturated carbocycles. The molecular formula is C8H11N3O2. The minimum absolute atomic E-state index is 0.141. The fraction of sp³-hybridized carbons (Fsp3) is 0.375. The fourth-order valence-corrected chi connectivity index (χ4v) is 0.910. The number of aromatic nitrogens is 2. The Kier molecular flexibility index (Phi) is 2.46. The van der Waals surface area contributed by atoms with Gasteiger partial charge < -0.3 is 4.90 Å². The standard InChI is InChI=1S/C8H11N3O2/c1-10(2)7(12)6-4-5-9-11(3)8(6)13/h4-5H,1-3H3. The van der Waals surface area contributed by atoms with Gasteiger partial charge in [-0.1, -0.05) is 0 Å². The van der Waals surface area contributed by atoms with Crippen molar-refractivity contribution < 1.29 is 4.79 Å². The minimum atomic E-state index is -0.374. The third-order valence-electron chi connectivity index (χ3n) is 1.64. The fourth-order valence-electron chi connectivity index (χ4n) is 0.910. The Morgan fingerprint density at radius 1 is 1.54 bits per heavy atom. The summed E-state index contributed by atoms with van der Waals surface area (Å²) < 4.78 is 1.14. The molecule has 5 nitrogen and oxygen atoms in total. The molecule has 0 fully saturated rings. The van der Waals surface area contributed by atoms with Crippen LogP contribution in [0.5, 0.6) is 0 Å². The lowest BCUT2D eigenvalue weighted by Crippen LogP contribution is -2.32. The molecule has 0 N–H and O–H groups in total. The quantitative estimate of drug-likeness (QED) is 0.586. The molecule has 0 saturated heterocycles. The zero-order valence-corrected chi connectivity index (χ0v) is 7.81. The van der Waals surface area contributed by atoms with Crippen LogP contribution in [0.15, 0.2) is 17.1 Å². The summed E-state index contributed by atoms with van der Waals surface area (Å²) in [5.74, 6) is -0.303. The van der Waals surface area contributed by atoms with E-state index in [2.05, 4.69) is 5.10 Å². The van der Waals surface area contributed by atoms with Crippen molar-refractivity contribution in [2.45, 2.75) is 0 Å². The second-order valence-electron chi connectivity index (χ2n) is 2.87. The van der Waals surface area contributed by atoms with Gasteiger partial charge in [0.15, 0.2) is 0 Å². The van der Waals surface area contributed by atoms with E-state index in [1.165, 1.54) is 24.2 Å². The molecule has 5 heteroatoms. The highest BCUT2D eigenvalue weighted by Gasteiger charge is 2.12. The van der Waals surface area contributed by atoms with Crippen molar-refractivity contribution in [3.63, 3.8) is 0 Å². The summed E-state index contributed by atoms with van der Waals surface area (Å²) in [5.41, 5.74) is -0.233. The van der Waals surface area contributed by atoms with Gasteiger partial charge in [0.2, 0.25) is 0 Å². The Bertz CT molecular complexity index is 381. The number of hydrogen-bond acceptors (Lipinski definition) is 3. The molecule has 1 amide bonds. The lowest BCUT2D eigenvalue weighted by Gasteiger charge is -2.09. The highest BCUT2D eigenvalue weighted by atomic mass is 16.2. The van der Waals surface area contributed by atoms with Gasteiger partial charge in [0.25, 0.3) is 11.5 Å². The van der Waals surface area contributed by atoms with Crippen LogP contribution >= 0.6 is 0 Å². The molecule has 0 aliphatic carbocycles. The van der Waals surface area contributed by atoms with E-state index < -0.39 is 0 Å². The summed E-state index contributed by atoms with van der Waals surface area (Å²) in [5, 5.41) is 3.71. The van der Waals surface area contributed by atoms with Crippen molar-refractivity contribution in [1.29, 1.82) is 0 Å². The zero-order valence-electron chi connectivity index (χ0n) is 7.81. The second kappa shape index (κ2) is 3.38. The van der Waals surface area contributed by atoms with Crippen LogP contribution in [0, 0.1) is 0 Å². The van der Waals surface area contributed by atoms with Gasteiger partial charge in [0.1, 0.15) is 5.56 Å². The molecule has 70 valence electrons. The first-order valence-electron chi connectivity index (χ1n) is 3.78. The van der Waals surface area contributed by atoms with Crippen molar-refractivity contribution in [3.05, 3.63) is 28.2 Å². The number of carbonyl (C=O) groups is 1. The molecule has 0 unspecified atom stereocenters. The summed E-state index contributed by atoms with van der Waals surface area (Å²) >= 11 is 0. The van der Waals surface area contributed by atoms with Crippen LogP contribution in [0.3, 0.4) is 0 Å². The van der Waals surface area contributed by atoms with E-state index >= 15 is 0 Å². The van der Waals surface area contributed by atoms with Gasteiger partial charge in [0.05, 0.1) is 0 Å². The third-order valence-corrected chi connectivity index (χ3v) is 1.64. The van der Waals surface area contributed by atoms with Crippen LogP contribution in [-0.2, 0) is 7.05 Å². The lowest BCUT2D eigenvalue weighted by atomic mass is 10.3. The number of amides is 1. The van der Waals surface area contributed by atoms with Gasteiger partial charge in [-0.05, 0) is 6.07 Å². The van der Waals surface area contributed by atoms with Crippen molar-refractivity contribution in [3.8, 4) is 0 Å². The SMILES string of the molecule is CN(C)C(=O)c1ccnn(C)c1=O. The Morgan fingerprint density at radius 3 is 2.69 bits per heavy atom. The first kappa shape index (κ1) is 9.44. The summed E-state index contributed by atoms with van der Waals surface area (Å²) in [7, 11) is 4.71. The highest BCUT2D eigenvalue weighted by Crippen LogP contribution is 1.93. The third kappa shape index (κ3) is 1.74. The lowest BCUT2D eigenvalue weighted by molar-refractivity contribution is 0.0825. The molecule has 0 bridgehead atoms. The molecule has 0 radical (unpaired) electrons. The molecule has 1 heterocycles. The average Bonchev–Trinajstić information content (AvgIpc) is 2.08. The molecule has 1 aromatic rings. The van der Waals surface area contributed by atoms with E-state index in [4.69, 9.17) is 0 Å².